The van der Waals surface area contributed by atoms with Crippen LogP contribution in [0.3, 0.4) is 0 Å². The highest BCUT2D eigenvalue weighted by Crippen LogP contribution is 2.52. The van der Waals surface area contributed by atoms with Gasteiger partial charge in [0.1, 0.15) is 11.4 Å². The number of anilines is 1. The number of fused-ring (bicyclic) bond motifs is 1. The number of nitrogens with one attached hydrogen (secondary N) is 1. The van der Waals surface area contributed by atoms with Crippen LogP contribution in [0.15, 0.2) is 40.9 Å². The number of halogens is 2. The monoisotopic (exact) mass is 433 g/mol. The molecule has 1 aromatic heterocycles. The van der Waals surface area contributed by atoms with Crippen molar-refractivity contribution < 1.29 is 18.8 Å². The maximum absolute atomic E-state index is 13.2. The van der Waals surface area contributed by atoms with Crippen LogP contribution in [0, 0.1) is 18.8 Å². The molecule has 0 radical (unpaired) electrons. The van der Waals surface area contributed by atoms with E-state index in [0.29, 0.717) is 28.2 Å². The summed E-state index contributed by atoms with van der Waals surface area (Å²) in [5, 5.41) is 7.83. The maximum atomic E-state index is 13.2. The minimum atomic E-state index is -0.811. The molecule has 2 saturated heterocycles. The van der Waals surface area contributed by atoms with E-state index in [9.17, 15) is 9.59 Å². The molecular formula is C20H17Cl2N3O4. The Morgan fingerprint density at radius 1 is 1.38 bits per heavy atom. The Balaban J connectivity index is 1.36. The summed E-state index contributed by atoms with van der Waals surface area (Å²) in [6.07, 6.45) is 3.33. The average Bonchev–Trinajstić information content (AvgIpc) is 3.42. The lowest BCUT2D eigenvalue weighted by atomic mass is 9.77. The molecule has 7 nitrogen and oxygen atoms in total. The summed E-state index contributed by atoms with van der Waals surface area (Å²) >= 11 is 12.1. The maximum Gasteiger partial charge on any atom is 0.235 e. The second-order valence-corrected chi connectivity index (χ2v) is 8.42. The number of aromatic nitrogens is 1. The zero-order valence-electron chi connectivity index (χ0n) is 15.4. The Bertz CT molecular complexity index is 1050. The number of hydrogen-bond donors (Lipinski definition) is 1. The standard InChI is InChI=1S/C20H17Cl2N3O4/c1-10-6-15(24-29-10)25-9-20-5-4-14(28-20)16(17(20)19(25)27)18(26)23-8-11-2-3-12(21)7-13(11)22/h2-7,14,16-17H,8-9H2,1H3,(H,23,26)/t14-,16-,17-,20-/m0/s1. The second kappa shape index (κ2) is 6.58. The van der Waals surface area contributed by atoms with E-state index >= 15 is 0 Å². The predicted octanol–water partition coefficient (Wildman–Crippen LogP) is 2.89. The van der Waals surface area contributed by atoms with Crippen molar-refractivity contribution >= 4 is 40.8 Å². The predicted molar refractivity (Wildman–Crippen MR) is 106 cm³/mol. The van der Waals surface area contributed by atoms with Crippen LogP contribution in [0.5, 0.6) is 0 Å². The van der Waals surface area contributed by atoms with Crippen molar-refractivity contribution in [3.05, 3.63) is 57.8 Å². The van der Waals surface area contributed by atoms with Gasteiger partial charge < -0.3 is 14.6 Å². The normalized spacial score (nSPS) is 29.6. The van der Waals surface area contributed by atoms with Gasteiger partial charge in [0.25, 0.3) is 0 Å². The number of benzene rings is 1. The van der Waals surface area contributed by atoms with Gasteiger partial charge >= 0.3 is 0 Å². The van der Waals surface area contributed by atoms with Crippen molar-refractivity contribution in [3.8, 4) is 0 Å². The number of carbonyl (C=O) groups is 2. The van der Waals surface area contributed by atoms with E-state index in [0.717, 1.165) is 5.56 Å². The second-order valence-electron chi connectivity index (χ2n) is 7.57. The van der Waals surface area contributed by atoms with Crippen molar-refractivity contribution in [2.24, 2.45) is 11.8 Å². The van der Waals surface area contributed by atoms with Crippen molar-refractivity contribution in [3.63, 3.8) is 0 Å². The number of ether oxygens (including phenoxy) is 1. The first-order valence-electron chi connectivity index (χ1n) is 9.21. The van der Waals surface area contributed by atoms with Crippen LogP contribution in [0.25, 0.3) is 0 Å². The Kier molecular flexibility index (Phi) is 4.24. The third-order valence-electron chi connectivity index (χ3n) is 5.76. The first-order valence-corrected chi connectivity index (χ1v) is 9.97. The molecule has 2 fully saturated rings. The molecule has 1 aromatic carbocycles. The molecule has 3 aliphatic heterocycles. The highest BCUT2D eigenvalue weighted by Gasteiger charge is 2.67. The van der Waals surface area contributed by atoms with Gasteiger partial charge in [-0.2, -0.15) is 0 Å². The van der Waals surface area contributed by atoms with E-state index in [4.69, 9.17) is 32.5 Å². The van der Waals surface area contributed by atoms with Crippen LogP contribution in [0.2, 0.25) is 10.0 Å². The highest BCUT2D eigenvalue weighted by molar-refractivity contribution is 6.35. The minimum absolute atomic E-state index is 0.185. The molecule has 4 atom stereocenters. The third-order valence-corrected chi connectivity index (χ3v) is 6.35. The Hall–Kier alpha value is -2.35. The first kappa shape index (κ1) is 18.7. The van der Waals surface area contributed by atoms with Gasteiger partial charge in [-0.05, 0) is 24.6 Å². The van der Waals surface area contributed by atoms with Crippen LogP contribution in [0.4, 0.5) is 5.82 Å². The third kappa shape index (κ3) is 2.87. The van der Waals surface area contributed by atoms with E-state index in [-0.39, 0.29) is 18.4 Å². The van der Waals surface area contributed by atoms with Gasteiger partial charge in [-0.15, -0.1) is 0 Å². The van der Waals surface area contributed by atoms with Crippen molar-refractivity contribution in [1.82, 2.24) is 10.5 Å². The Morgan fingerprint density at radius 2 is 2.21 bits per heavy atom. The number of rotatable bonds is 4. The van der Waals surface area contributed by atoms with Gasteiger partial charge in [0.15, 0.2) is 5.82 Å². The molecule has 1 spiro atoms. The van der Waals surface area contributed by atoms with Crippen LogP contribution < -0.4 is 10.2 Å². The molecule has 5 rings (SSSR count). The molecule has 2 aromatic rings. The summed E-state index contributed by atoms with van der Waals surface area (Å²) in [4.78, 5) is 27.7. The Morgan fingerprint density at radius 3 is 2.93 bits per heavy atom. The number of hydrogen-bond acceptors (Lipinski definition) is 5. The summed E-state index contributed by atoms with van der Waals surface area (Å²) in [6.45, 7) is 2.31. The van der Waals surface area contributed by atoms with E-state index in [1.165, 1.54) is 4.90 Å². The zero-order valence-corrected chi connectivity index (χ0v) is 16.9. The van der Waals surface area contributed by atoms with Crippen LogP contribution >= 0.6 is 23.2 Å². The average molecular weight is 434 g/mol. The topological polar surface area (TPSA) is 84.7 Å². The fourth-order valence-corrected chi connectivity index (χ4v) is 4.91. The summed E-state index contributed by atoms with van der Waals surface area (Å²) < 4.78 is 11.2. The SMILES string of the molecule is Cc1cc(N2C[C@]34C=C[C@H](O3)[C@H](C(=O)NCc3ccc(Cl)cc3Cl)[C@H]4C2=O)no1. The molecule has 0 aliphatic carbocycles. The summed E-state index contributed by atoms with van der Waals surface area (Å²) in [6, 6.07) is 6.80. The summed E-state index contributed by atoms with van der Waals surface area (Å²) in [7, 11) is 0. The van der Waals surface area contributed by atoms with E-state index in [2.05, 4.69) is 10.5 Å². The Labute approximate surface area is 176 Å². The molecule has 150 valence electrons. The van der Waals surface area contributed by atoms with Gasteiger partial charge in [-0.3, -0.25) is 14.5 Å². The molecule has 3 aliphatic rings. The molecule has 4 heterocycles. The fourth-order valence-electron chi connectivity index (χ4n) is 4.44. The molecule has 2 amide bonds. The number of amides is 2. The number of aryl methyl sites for hydroxylation is 1. The fraction of sp³-hybridized carbons (Fsp3) is 0.350. The van der Waals surface area contributed by atoms with E-state index in [1.54, 1.807) is 31.2 Å². The molecule has 0 unspecified atom stereocenters. The summed E-state index contributed by atoms with van der Waals surface area (Å²) in [5.74, 6) is -0.605. The van der Waals surface area contributed by atoms with Gasteiger partial charge in [-0.1, -0.05) is 46.6 Å². The van der Waals surface area contributed by atoms with Gasteiger partial charge in [0.05, 0.1) is 24.5 Å². The van der Waals surface area contributed by atoms with Gasteiger partial charge in [-0.25, -0.2) is 0 Å². The first-order chi connectivity index (χ1) is 13.9. The van der Waals surface area contributed by atoms with E-state index < -0.39 is 23.5 Å². The van der Waals surface area contributed by atoms with Crippen molar-refractivity contribution in [2.45, 2.75) is 25.2 Å². The molecule has 2 bridgehead atoms. The van der Waals surface area contributed by atoms with Crippen LogP contribution in [0.1, 0.15) is 11.3 Å². The minimum Gasteiger partial charge on any atom is -0.360 e. The quantitative estimate of drug-likeness (QED) is 0.749. The molecule has 29 heavy (non-hydrogen) atoms. The van der Waals surface area contributed by atoms with Crippen LogP contribution in [-0.4, -0.2) is 35.2 Å². The molecule has 1 N–H and O–H groups in total. The smallest absolute Gasteiger partial charge is 0.235 e. The lowest BCUT2D eigenvalue weighted by Crippen LogP contribution is -2.44. The molecule has 0 saturated carbocycles. The molecule has 9 heteroatoms. The highest BCUT2D eigenvalue weighted by atomic mass is 35.5. The van der Waals surface area contributed by atoms with Crippen molar-refractivity contribution in [2.75, 3.05) is 11.4 Å². The number of carbonyl (C=O) groups excluding carboxylic acids is 2. The van der Waals surface area contributed by atoms with E-state index in [1.807, 2.05) is 12.2 Å². The van der Waals surface area contributed by atoms with Crippen molar-refractivity contribution in [1.29, 1.82) is 0 Å². The zero-order chi connectivity index (χ0) is 20.3. The van der Waals surface area contributed by atoms with Gasteiger partial charge in [0, 0.05) is 22.7 Å². The van der Waals surface area contributed by atoms with Gasteiger partial charge in [0.2, 0.25) is 11.8 Å². The molecular weight excluding hydrogens is 417 g/mol. The largest absolute Gasteiger partial charge is 0.360 e. The number of nitrogens with zero attached hydrogens (tertiary/aromatic N) is 2. The lowest BCUT2D eigenvalue weighted by Gasteiger charge is -2.23. The lowest BCUT2D eigenvalue weighted by molar-refractivity contribution is -0.132. The summed E-state index contributed by atoms with van der Waals surface area (Å²) in [5.41, 5.74) is -0.0645. The van der Waals surface area contributed by atoms with Crippen LogP contribution in [-0.2, 0) is 20.9 Å².